The summed E-state index contributed by atoms with van der Waals surface area (Å²) in [4.78, 5) is 25.5. The van der Waals surface area contributed by atoms with Gasteiger partial charge >= 0.3 is 5.97 Å². The highest BCUT2D eigenvalue weighted by atomic mass is 32.2. The second-order valence-corrected chi connectivity index (χ2v) is 9.87. The van der Waals surface area contributed by atoms with E-state index in [1.54, 1.807) is 24.5 Å². The summed E-state index contributed by atoms with van der Waals surface area (Å²) in [7, 11) is 1.60. The fourth-order valence-corrected chi connectivity index (χ4v) is 6.61. The van der Waals surface area contributed by atoms with Crippen molar-refractivity contribution in [3.63, 3.8) is 0 Å². The van der Waals surface area contributed by atoms with Crippen molar-refractivity contribution in [2.75, 3.05) is 12.9 Å². The Morgan fingerprint density at radius 1 is 1.31 bits per heavy atom. The average Bonchev–Trinajstić information content (AvgIpc) is 3.45. The molecule has 0 spiro atoms. The molecule has 0 radical (unpaired) electrons. The van der Waals surface area contributed by atoms with E-state index < -0.39 is 11.4 Å². The predicted molar refractivity (Wildman–Crippen MR) is 116 cm³/mol. The topological polar surface area (TPSA) is 94.6 Å². The molecule has 3 heterocycles. The van der Waals surface area contributed by atoms with Gasteiger partial charge in [0.25, 0.3) is 0 Å². The Morgan fingerprint density at radius 2 is 2.10 bits per heavy atom. The zero-order valence-corrected chi connectivity index (χ0v) is 17.4. The third kappa shape index (κ3) is 2.97. The molecular formula is C21H20N2O4S2. The second kappa shape index (κ2) is 6.90. The number of carboxylic acids is 1. The number of benzene rings is 1. The molecule has 8 heteroatoms. The predicted octanol–water partition coefficient (Wildman–Crippen LogP) is 4.27. The molecule has 1 aromatic carbocycles. The number of hydrogen-bond donors (Lipinski definition) is 2. The molecule has 150 valence electrons. The van der Waals surface area contributed by atoms with Crippen LogP contribution >= 0.6 is 23.1 Å². The standard InChI is InChI=1S/C21H20N2O4S2/c1-27-19-11(16-8-13-15(22)6-7-28-21(13)29-16)4-5-12-17(19)23(10-2-3-10)9-14(18(12)24)20(25)26/h4-5,8-10,15H,2-3,6-7,22H2,1H3,(H,25,26). The van der Waals surface area contributed by atoms with Crippen LogP contribution < -0.4 is 15.9 Å². The van der Waals surface area contributed by atoms with E-state index in [4.69, 9.17) is 10.5 Å². The van der Waals surface area contributed by atoms with Crippen molar-refractivity contribution < 1.29 is 14.6 Å². The van der Waals surface area contributed by atoms with Gasteiger partial charge in [0, 0.05) is 34.5 Å². The third-order valence-electron chi connectivity index (χ3n) is 5.57. The van der Waals surface area contributed by atoms with Gasteiger partial charge in [-0.1, -0.05) is 0 Å². The number of rotatable bonds is 4. The second-order valence-electron chi connectivity index (χ2n) is 7.46. The Labute approximate surface area is 175 Å². The van der Waals surface area contributed by atoms with Crippen molar-refractivity contribution >= 4 is 40.0 Å². The summed E-state index contributed by atoms with van der Waals surface area (Å²) in [6.07, 6.45) is 4.36. The molecule has 1 unspecified atom stereocenters. The molecule has 5 rings (SSSR count). The van der Waals surface area contributed by atoms with Gasteiger partial charge in [-0.2, -0.15) is 0 Å². The molecule has 2 aliphatic rings. The first-order valence-electron chi connectivity index (χ1n) is 9.51. The maximum atomic E-state index is 12.8. The number of pyridine rings is 1. The molecule has 1 fully saturated rings. The van der Waals surface area contributed by atoms with Crippen LogP contribution in [0.5, 0.6) is 5.75 Å². The highest BCUT2D eigenvalue weighted by Gasteiger charge is 2.30. The SMILES string of the molecule is COc1c(-c2cc3c(s2)SCCC3N)ccc2c(=O)c(C(=O)O)cn(C3CC3)c12. The van der Waals surface area contributed by atoms with E-state index in [9.17, 15) is 14.7 Å². The first-order chi connectivity index (χ1) is 14.0. The molecular weight excluding hydrogens is 408 g/mol. The van der Waals surface area contributed by atoms with Gasteiger partial charge < -0.3 is 20.1 Å². The number of thioether (sulfide) groups is 1. The van der Waals surface area contributed by atoms with Crippen molar-refractivity contribution in [2.45, 2.75) is 35.6 Å². The van der Waals surface area contributed by atoms with Gasteiger partial charge in [0.1, 0.15) is 5.56 Å². The molecule has 2 aromatic heterocycles. The van der Waals surface area contributed by atoms with Gasteiger partial charge in [0.05, 0.1) is 22.2 Å². The number of hydrogen-bond acceptors (Lipinski definition) is 6. The molecule has 29 heavy (non-hydrogen) atoms. The summed E-state index contributed by atoms with van der Waals surface area (Å²) in [5, 5.41) is 9.85. The largest absolute Gasteiger partial charge is 0.494 e. The lowest BCUT2D eigenvalue weighted by atomic mass is 10.0. The lowest BCUT2D eigenvalue weighted by Crippen LogP contribution is -2.19. The van der Waals surface area contributed by atoms with Gasteiger partial charge in [-0.05, 0) is 43.0 Å². The average molecular weight is 429 g/mol. The molecule has 6 nitrogen and oxygen atoms in total. The fourth-order valence-electron chi connectivity index (χ4n) is 3.94. The molecule has 1 atom stereocenters. The van der Waals surface area contributed by atoms with Gasteiger partial charge in [-0.3, -0.25) is 4.79 Å². The Morgan fingerprint density at radius 3 is 2.76 bits per heavy atom. The van der Waals surface area contributed by atoms with Crippen molar-refractivity contribution in [1.29, 1.82) is 0 Å². The summed E-state index contributed by atoms with van der Waals surface area (Å²) in [6, 6.07) is 5.96. The number of aromatic nitrogens is 1. The van der Waals surface area contributed by atoms with Crippen LogP contribution in [0.3, 0.4) is 0 Å². The van der Waals surface area contributed by atoms with Crippen molar-refractivity contribution in [1.82, 2.24) is 4.57 Å². The highest BCUT2D eigenvalue weighted by molar-refractivity contribution is 8.01. The van der Waals surface area contributed by atoms with Crippen molar-refractivity contribution in [3.05, 3.63) is 45.7 Å². The van der Waals surface area contributed by atoms with Crippen LogP contribution in [0.1, 0.15) is 47.3 Å². The smallest absolute Gasteiger partial charge is 0.341 e. The minimum atomic E-state index is -1.20. The normalized spacial score (nSPS) is 18.6. The van der Waals surface area contributed by atoms with Crippen LogP contribution in [-0.4, -0.2) is 28.5 Å². The fraction of sp³-hybridized carbons (Fsp3) is 0.333. The van der Waals surface area contributed by atoms with Crippen LogP contribution in [0, 0.1) is 0 Å². The Kier molecular flexibility index (Phi) is 4.45. The van der Waals surface area contributed by atoms with Crippen molar-refractivity contribution in [3.8, 4) is 16.2 Å². The van der Waals surface area contributed by atoms with Crippen LogP contribution in [0.4, 0.5) is 0 Å². The van der Waals surface area contributed by atoms with E-state index >= 15 is 0 Å². The molecule has 1 aliphatic heterocycles. The number of methoxy groups -OCH3 is 1. The molecule has 0 bridgehead atoms. The highest BCUT2D eigenvalue weighted by Crippen LogP contribution is 2.48. The number of nitrogens with two attached hydrogens (primary N) is 1. The van der Waals surface area contributed by atoms with E-state index in [1.165, 1.54) is 16.0 Å². The van der Waals surface area contributed by atoms with E-state index in [0.717, 1.165) is 35.5 Å². The summed E-state index contributed by atoms with van der Waals surface area (Å²) in [5.74, 6) is 0.425. The van der Waals surface area contributed by atoms with Crippen LogP contribution in [0.2, 0.25) is 0 Å². The molecule has 0 amide bonds. The van der Waals surface area contributed by atoms with Crippen LogP contribution in [0.15, 0.2) is 33.4 Å². The first-order valence-corrected chi connectivity index (χ1v) is 11.3. The monoisotopic (exact) mass is 428 g/mol. The first kappa shape index (κ1) is 18.7. The maximum Gasteiger partial charge on any atom is 0.341 e. The Balaban J connectivity index is 1.79. The Bertz CT molecular complexity index is 1210. The van der Waals surface area contributed by atoms with E-state index in [0.29, 0.717) is 16.7 Å². The van der Waals surface area contributed by atoms with E-state index in [2.05, 4.69) is 6.07 Å². The Hall–Kier alpha value is -2.29. The maximum absolute atomic E-state index is 12.8. The quantitative estimate of drug-likeness (QED) is 0.645. The number of fused-ring (bicyclic) bond motifs is 2. The number of carbonyl (C=O) groups is 1. The van der Waals surface area contributed by atoms with Gasteiger partial charge in [0.2, 0.25) is 5.43 Å². The van der Waals surface area contributed by atoms with Gasteiger partial charge in [-0.25, -0.2) is 4.79 Å². The zero-order chi connectivity index (χ0) is 20.3. The summed E-state index contributed by atoms with van der Waals surface area (Å²) in [5.41, 5.74) is 8.37. The number of aromatic carboxylic acids is 1. The molecule has 1 aliphatic carbocycles. The zero-order valence-electron chi connectivity index (χ0n) is 15.8. The number of nitrogens with zero attached hydrogens (tertiary/aromatic N) is 1. The number of ether oxygens (including phenoxy) is 1. The minimum Gasteiger partial charge on any atom is -0.494 e. The third-order valence-corrected chi connectivity index (χ3v) is 8.09. The summed E-state index contributed by atoms with van der Waals surface area (Å²) in [6.45, 7) is 0. The summed E-state index contributed by atoms with van der Waals surface area (Å²) < 4.78 is 8.96. The molecule has 1 saturated carbocycles. The van der Waals surface area contributed by atoms with Gasteiger partial charge in [0.15, 0.2) is 5.75 Å². The van der Waals surface area contributed by atoms with Crippen LogP contribution in [0.25, 0.3) is 21.3 Å². The van der Waals surface area contributed by atoms with E-state index in [-0.39, 0.29) is 17.6 Å². The molecule has 3 aromatic rings. The number of carboxylic acid groups (broad SMARTS) is 1. The lowest BCUT2D eigenvalue weighted by Gasteiger charge is -2.17. The minimum absolute atomic E-state index is 0.0467. The molecule has 0 saturated heterocycles. The van der Waals surface area contributed by atoms with E-state index in [1.807, 2.05) is 22.4 Å². The number of thiophene rings is 1. The van der Waals surface area contributed by atoms with Crippen molar-refractivity contribution in [2.24, 2.45) is 5.73 Å². The summed E-state index contributed by atoms with van der Waals surface area (Å²) >= 11 is 3.52. The van der Waals surface area contributed by atoms with Crippen LogP contribution in [-0.2, 0) is 0 Å². The molecule has 3 N–H and O–H groups in total. The van der Waals surface area contributed by atoms with Gasteiger partial charge in [-0.15, -0.1) is 23.1 Å². The lowest BCUT2D eigenvalue weighted by molar-refractivity contribution is 0.0695.